The number of carbonyl (C=O) groups excluding carboxylic acids is 4. The number of primary amides is 1. The van der Waals surface area contributed by atoms with E-state index in [4.69, 9.17) is 10.5 Å². The lowest BCUT2D eigenvalue weighted by Gasteiger charge is -2.18. The number of ketones is 1. The van der Waals surface area contributed by atoms with Crippen LogP contribution in [0.1, 0.15) is 50.2 Å². The van der Waals surface area contributed by atoms with Crippen molar-refractivity contribution in [3.8, 4) is 11.1 Å². The summed E-state index contributed by atoms with van der Waals surface area (Å²) in [6.07, 6.45) is -0.0918. The molecule has 0 aliphatic heterocycles. The number of carbonyl (C=O) groups is 4. The van der Waals surface area contributed by atoms with Gasteiger partial charge in [-0.25, -0.2) is 4.79 Å². The van der Waals surface area contributed by atoms with Gasteiger partial charge >= 0.3 is 5.97 Å². The highest BCUT2D eigenvalue weighted by molar-refractivity contribution is 6.22. The Morgan fingerprint density at radius 1 is 0.912 bits per heavy atom. The number of nitrogens with two attached hydrogens (primary N) is 1. The highest BCUT2D eigenvalue weighted by Gasteiger charge is 2.28. The Bertz CT molecular complexity index is 1300. The number of rotatable bonds is 8. The van der Waals surface area contributed by atoms with Gasteiger partial charge in [-0.1, -0.05) is 60.2 Å². The number of hydrogen-bond donors (Lipinski definition) is 2. The molecule has 2 amide bonds. The van der Waals surface area contributed by atoms with E-state index in [1.165, 1.54) is 6.07 Å². The van der Waals surface area contributed by atoms with E-state index in [9.17, 15) is 19.2 Å². The number of esters is 1. The van der Waals surface area contributed by atoms with Crippen LogP contribution >= 0.6 is 0 Å². The first kappa shape index (κ1) is 22.9. The summed E-state index contributed by atoms with van der Waals surface area (Å²) in [5.41, 5.74) is 9.93. The first-order chi connectivity index (χ1) is 16.3. The van der Waals surface area contributed by atoms with E-state index in [0.717, 1.165) is 22.3 Å². The minimum absolute atomic E-state index is 0.00301. The molecule has 3 aromatic carbocycles. The van der Waals surface area contributed by atoms with Crippen molar-refractivity contribution in [2.45, 2.75) is 32.4 Å². The summed E-state index contributed by atoms with van der Waals surface area (Å²) < 4.78 is 5.39. The number of hydrogen-bond acceptors (Lipinski definition) is 5. The van der Waals surface area contributed by atoms with E-state index in [-0.39, 0.29) is 30.8 Å². The molecule has 0 radical (unpaired) electrons. The number of fused-ring (bicyclic) bond motifs is 3. The monoisotopic (exact) mass is 456 g/mol. The fraction of sp³-hybridized carbons (Fsp3) is 0.185. The van der Waals surface area contributed by atoms with Crippen molar-refractivity contribution in [3.05, 3.63) is 94.5 Å². The fourth-order valence-corrected chi connectivity index (χ4v) is 4.00. The van der Waals surface area contributed by atoms with E-state index in [1.54, 1.807) is 24.3 Å². The first-order valence-electron chi connectivity index (χ1n) is 10.9. The Hall–Kier alpha value is -4.26. The van der Waals surface area contributed by atoms with Crippen LogP contribution in [-0.4, -0.2) is 29.6 Å². The molecule has 4 rings (SSSR count). The predicted octanol–water partition coefficient (Wildman–Crippen LogP) is 3.31. The number of nitrogens with one attached hydrogen (secondary N) is 1. The van der Waals surface area contributed by atoms with Crippen LogP contribution in [0.4, 0.5) is 0 Å². The van der Waals surface area contributed by atoms with Gasteiger partial charge in [-0.2, -0.15) is 0 Å². The van der Waals surface area contributed by atoms with Crippen LogP contribution < -0.4 is 11.1 Å². The Labute approximate surface area is 196 Å². The van der Waals surface area contributed by atoms with E-state index in [1.807, 2.05) is 43.3 Å². The Balaban J connectivity index is 1.49. The van der Waals surface area contributed by atoms with Crippen LogP contribution in [0.3, 0.4) is 0 Å². The predicted molar refractivity (Wildman–Crippen MR) is 126 cm³/mol. The molecule has 34 heavy (non-hydrogen) atoms. The average molecular weight is 456 g/mol. The lowest BCUT2D eigenvalue weighted by Crippen LogP contribution is -2.42. The second kappa shape index (κ2) is 9.70. The van der Waals surface area contributed by atoms with Crippen molar-refractivity contribution in [1.29, 1.82) is 0 Å². The maximum Gasteiger partial charge on any atom is 0.328 e. The quantitative estimate of drug-likeness (QED) is 0.395. The van der Waals surface area contributed by atoms with Crippen molar-refractivity contribution in [1.82, 2.24) is 5.32 Å². The summed E-state index contributed by atoms with van der Waals surface area (Å²) in [4.78, 5) is 49.7. The molecule has 0 saturated heterocycles. The molecule has 172 valence electrons. The molecule has 7 nitrogen and oxygen atoms in total. The molecular weight excluding hydrogens is 432 g/mol. The van der Waals surface area contributed by atoms with Gasteiger partial charge in [0, 0.05) is 23.1 Å². The van der Waals surface area contributed by atoms with Gasteiger partial charge < -0.3 is 15.8 Å². The molecule has 0 saturated carbocycles. The number of benzene rings is 3. The lowest BCUT2D eigenvalue weighted by atomic mass is 10.0. The molecule has 0 aromatic heterocycles. The first-order valence-corrected chi connectivity index (χ1v) is 10.9. The van der Waals surface area contributed by atoms with Crippen molar-refractivity contribution >= 4 is 23.6 Å². The highest BCUT2D eigenvalue weighted by Crippen LogP contribution is 2.36. The number of ether oxygens (including phenoxy) is 1. The van der Waals surface area contributed by atoms with Gasteiger partial charge in [0.2, 0.25) is 5.91 Å². The van der Waals surface area contributed by atoms with E-state index >= 15 is 0 Å². The highest BCUT2D eigenvalue weighted by atomic mass is 16.5. The summed E-state index contributed by atoms with van der Waals surface area (Å²) in [6, 6.07) is 18.6. The standard InChI is InChI=1S/C27H24N2O5/c1-16-5-4-6-17(13-16)15-34-27(33)23(11-12-24(28)30)29-26(32)18-9-10-20-19-7-2-3-8-21(19)25(31)22(20)14-18/h2-10,13-14,23H,11-12,15H2,1H3,(H2,28,30)(H,29,32)/t23-/m0/s1. The van der Waals surface area contributed by atoms with Gasteiger partial charge in [0.15, 0.2) is 5.78 Å². The zero-order valence-electron chi connectivity index (χ0n) is 18.7. The lowest BCUT2D eigenvalue weighted by molar-refractivity contribution is -0.147. The zero-order chi connectivity index (χ0) is 24.2. The summed E-state index contributed by atoms with van der Waals surface area (Å²) >= 11 is 0. The maximum atomic E-state index is 13.0. The second-order valence-electron chi connectivity index (χ2n) is 8.26. The minimum Gasteiger partial charge on any atom is -0.459 e. The Kier molecular flexibility index (Phi) is 6.54. The average Bonchev–Trinajstić information content (AvgIpc) is 3.11. The molecule has 0 bridgehead atoms. The summed E-state index contributed by atoms with van der Waals surface area (Å²) in [5, 5.41) is 2.63. The molecule has 0 unspecified atom stereocenters. The van der Waals surface area contributed by atoms with E-state index < -0.39 is 23.8 Å². The summed E-state index contributed by atoms with van der Waals surface area (Å²) in [7, 11) is 0. The third-order valence-corrected chi connectivity index (χ3v) is 5.72. The van der Waals surface area contributed by atoms with Crippen LogP contribution in [-0.2, 0) is 20.9 Å². The van der Waals surface area contributed by atoms with Crippen LogP contribution in [0.5, 0.6) is 0 Å². The Morgan fingerprint density at radius 3 is 2.38 bits per heavy atom. The molecule has 1 atom stereocenters. The zero-order valence-corrected chi connectivity index (χ0v) is 18.7. The van der Waals surface area contributed by atoms with Gasteiger partial charge in [0.25, 0.3) is 5.91 Å². The molecular formula is C27H24N2O5. The van der Waals surface area contributed by atoms with Crippen molar-refractivity contribution < 1.29 is 23.9 Å². The third kappa shape index (κ3) is 4.88. The maximum absolute atomic E-state index is 13.0. The van der Waals surface area contributed by atoms with Gasteiger partial charge in [-0.3, -0.25) is 14.4 Å². The molecule has 3 aromatic rings. The van der Waals surface area contributed by atoms with Gasteiger partial charge in [0.05, 0.1) is 0 Å². The molecule has 3 N–H and O–H groups in total. The normalized spacial score (nSPS) is 12.4. The van der Waals surface area contributed by atoms with Crippen molar-refractivity contribution in [2.24, 2.45) is 5.73 Å². The van der Waals surface area contributed by atoms with Gasteiger partial charge in [0.1, 0.15) is 12.6 Å². The molecule has 1 aliphatic rings. The summed E-state index contributed by atoms with van der Waals surface area (Å²) in [6.45, 7) is 1.97. The SMILES string of the molecule is Cc1cccc(COC(=O)[C@H](CCC(N)=O)NC(=O)c2ccc3c(c2)C(=O)c2ccccc2-3)c1. The van der Waals surface area contributed by atoms with Crippen LogP contribution in [0, 0.1) is 6.92 Å². The topological polar surface area (TPSA) is 116 Å². The number of aryl methyl sites for hydroxylation is 1. The fourth-order valence-electron chi connectivity index (χ4n) is 4.00. The van der Waals surface area contributed by atoms with Gasteiger partial charge in [-0.15, -0.1) is 0 Å². The Morgan fingerprint density at radius 2 is 1.65 bits per heavy atom. The van der Waals surface area contributed by atoms with Gasteiger partial charge in [-0.05, 0) is 42.2 Å². The smallest absolute Gasteiger partial charge is 0.328 e. The van der Waals surface area contributed by atoms with E-state index in [2.05, 4.69) is 5.32 Å². The largest absolute Gasteiger partial charge is 0.459 e. The molecule has 1 aliphatic carbocycles. The molecule has 0 spiro atoms. The molecule has 0 heterocycles. The molecule has 0 fully saturated rings. The minimum atomic E-state index is -1.06. The van der Waals surface area contributed by atoms with Crippen molar-refractivity contribution in [2.75, 3.05) is 0 Å². The third-order valence-electron chi connectivity index (χ3n) is 5.72. The summed E-state index contributed by atoms with van der Waals surface area (Å²) in [5.74, 6) is -1.95. The van der Waals surface area contributed by atoms with Crippen LogP contribution in [0.2, 0.25) is 0 Å². The van der Waals surface area contributed by atoms with Crippen molar-refractivity contribution in [3.63, 3.8) is 0 Å². The molecule has 7 heteroatoms. The second-order valence-corrected chi connectivity index (χ2v) is 8.26. The number of amides is 2. The van der Waals surface area contributed by atoms with Crippen LogP contribution in [0.15, 0.2) is 66.7 Å². The van der Waals surface area contributed by atoms with Crippen LogP contribution in [0.25, 0.3) is 11.1 Å². The van der Waals surface area contributed by atoms with E-state index in [0.29, 0.717) is 11.1 Å².